The topological polar surface area (TPSA) is 15.3 Å². The van der Waals surface area contributed by atoms with Crippen LogP contribution in [0.15, 0.2) is 24.3 Å². The molecular weight excluding hydrogens is 196 g/mol. The Kier molecular flexibility index (Phi) is 3.31. The Balaban J connectivity index is 2.25. The van der Waals surface area contributed by atoms with Crippen molar-refractivity contribution >= 4 is 0 Å². The van der Waals surface area contributed by atoms with Crippen molar-refractivity contribution < 1.29 is 0 Å². The molecule has 2 heteroatoms. The molecule has 1 heterocycles. The summed E-state index contributed by atoms with van der Waals surface area (Å²) in [6, 6.07) is 8.75. The molecule has 1 aliphatic heterocycles. The third-order valence-electron chi connectivity index (χ3n) is 3.30. The van der Waals surface area contributed by atoms with E-state index in [9.17, 15) is 0 Å². The van der Waals surface area contributed by atoms with E-state index in [0.717, 1.165) is 26.2 Å². The minimum absolute atomic E-state index is 0.242. The lowest BCUT2D eigenvalue weighted by atomic mass is 10.0. The third kappa shape index (κ3) is 2.63. The van der Waals surface area contributed by atoms with Gasteiger partial charge in [-0.15, -0.1) is 0 Å². The first-order chi connectivity index (χ1) is 7.57. The molecule has 0 atom stereocenters. The van der Waals surface area contributed by atoms with Gasteiger partial charge in [-0.05, 0) is 31.9 Å². The monoisotopic (exact) mass is 218 g/mol. The fourth-order valence-electron chi connectivity index (χ4n) is 2.18. The highest BCUT2D eigenvalue weighted by Crippen LogP contribution is 2.20. The predicted molar refractivity (Wildman–Crippen MR) is 68.3 cm³/mol. The van der Waals surface area contributed by atoms with Crippen molar-refractivity contribution in [2.45, 2.75) is 39.4 Å². The van der Waals surface area contributed by atoms with Crippen molar-refractivity contribution in [1.29, 1.82) is 0 Å². The van der Waals surface area contributed by atoms with Crippen molar-refractivity contribution in [3.63, 3.8) is 0 Å². The molecule has 1 aliphatic rings. The van der Waals surface area contributed by atoms with Gasteiger partial charge in [-0.2, -0.15) is 0 Å². The summed E-state index contributed by atoms with van der Waals surface area (Å²) in [6.45, 7) is 11.1. The predicted octanol–water partition coefficient (Wildman–Crippen LogP) is 2.39. The highest BCUT2D eigenvalue weighted by Gasteiger charge is 2.22. The lowest BCUT2D eigenvalue weighted by molar-refractivity contribution is 0.125. The molecule has 0 saturated carbocycles. The average molecular weight is 218 g/mol. The van der Waals surface area contributed by atoms with Crippen LogP contribution in [-0.2, 0) is 13.1 Å². The van der Waals surface area contributed by atoms with Gasteiger partial charge in [0.2, 0.25) is 0 Å². The van der Waals surface area contributed by atoms with Crippen LogP contribution in [0, 0.1) is 0 Å². The third-order valence-corrected chi connectivity index (χ3v) is 3.30. The van der Waals surface area contributed by atoms with Crippen molar-refractivity contribution in [3.8, 4) is 0 Å². The molecule has 0 aromatic heterocycles. The maximum Gasteiger partial charge on any atom is 0.0242 e. The minimum atomic E-state index is 0.242. The summed E-state index contributed by atoms with van der Waals surface area (Å²) in [5.74, 6) is 0. The van der Waals surface area contributed by atoms with Crippen molar-refractivity contribution in [1.82, 2.24) is 10.2 Å². The van der Waals surface area contributed by atoms with Gasteiger partial charge >= 0.3 is 0 Å². The number of fused-ring (bicyclic) bond motifs is 1. The van der Waals surface area contributed by atoms with Crippen molar-refractivity contribution in [3.05, 3.63) is 35.4 Å². The zero-order chi connectivity index (χ0) is 11.6. The van der Waals surface area contributed by atoms with Crippen LogP contribution < -0.4 is 5.32 Å². The summed E-state index contributed by atoms with van der Waals surface area (Å²) in [5, 5.41) is 3.50. The maximum atomic E-state index is 3.50. The van der Waals surface area contributed by atoms with Gasteiger partial charge in [-0.1, -0.05) is 24.3 Å². The summed E-state index contributed by atoms with van der Waals surface area (Å²) < 4.78 is 0. The van der Waals surface area contributed by atoms with Gasteiger partial charge in [0.15, 0.2) is 0 Å². The van der Waals surface area contributed by atoms with E-state index >= 15 is 0 Å². The van der Waals surface area contributed by atoms with Crippen molar-refractivity contribution in [2.24, 2.45) is 0 Å². The molecule has 2 rings (SSSR count). The SMILES string of the molecule is CC(C)(C)N1CCNCc2ccccc2C1. The number of hydrogen-bond donors (Lipinski definition) is 1. The molecule has 0 unspecified atom stereocenters. The van der Waals surface area contributed by atoms with Crippen LogP contribution in [-0.4, -0.2) is 23.5 Å². The largest absolute Gasteiger partial charge is 0.311 e. The number of nitrogens with zero attached hydrogens (tertiary/aromatic N) is 1. The second kappa shape index (κ2) is 4.56. The zero-order valence-corrected chi connectivity index (χ0v) is 10.6. The van der Waals surface area contributed by atoms with E-state index in [1.165, 1.54) is 11.1 Å². The van der Waals surface area contributed by atoms with Gasteiger partial charge in [0.05, 0.1) is 0 Å². The molecule has 0 saturated heterocycles. The highest BCUT2D eigenvalue weighted by molar-refractivity contribution is 5.27. The average Bonchev–Trinajstić information content (AvgIpc) is 2.17. The molecule has 16 heavy (non-hydrogen) atoms. The Labute approximate surface area is 98.7 Å². The summed E-state index contributed by atoms with van der Waals surface area (Å²) in [5.41, 5.74) is 3.15. The lowest BCUT2D eigenvalue weighted by Gasteiger charge is -2.37. The van der Waals surface area contributed by atoms with Crippen LogP contribution in [0.2, 0.25) is 0 Å². The number of rotatable bonds is 0. The van der Waals surface area contributed by atoms with Crippen LogP contribution >= 0.6 is 0 Å². The molecular formula is C14H22N2. The van der Waals surface area contributed by atoms with E-state index in [4.69, 9.17) is 0 Å². The Morgan fingerprint density at radius 2 is 1.81 bits per heavy atom. The Hall–Kier alpha value is -0.860. The normalized spacial score (nSPS) is 18.7. The number of benzene rings is 1. The molecule has 0 radical (unpaired) electrons. The van der Waals surface area contributed by atoms with Gasteiger partial charge in [0.25, 0.3) is 0 Å². The standard InChI is InChI=1S/C14H22N2/c1-14(2,3)16-9-8-15-10-12-6-4-5-7-13(12)11-16/h4-7,15H,8-11H2,1-3H3. The van der Waals surface area contributed by atoms with Gasteiger partial charge in [0, 0.05) is 31.7 Å². The smallest absolute Gasteiger partial charge is 0.0242 e. The first kappa shape index (κ1) is 11.6. The molecule has 0 spiro atoms. The number of nitrogens with one attached hydrogen (secondary N) is 1. The quantitative estimate of drug-likeness (QED) is 0.719. The van der Waals surface area contributed by atoms with Crippen molar-refractivity contribution in [2.75, 3.05) is 13.1 Å². The van der Waals surface area contributed by atoms with E-state index < -0.39 is 0 Å². The zero-order valence-electron chi connectivity index (χ0n) is 10.6. The fraction of sp³-hybridized carbons (Fsp3) is 0.571. The van der Waals surface area contributed by atoms with Crippen LogP contribution in [0.5, 0.6) is 0 Å². The molecule has 1 N–H and O–H groups in total. The number of hydrogen-bond acceptors (Lipinski definition) is 2. The first-order valence-corrected chi connectivity index (χ1v) is 6.10. The molecule has 0 amide bonds. The summed E-state index contributed by atoms with van der Waals surface area (Å²) in [7, 11) is 0. The second-order valence-corrected chi connectivity index (χ2v) is 5.54. The van der Waals surface area contributed by atoms with E-state index in [1.54, 1.807) is 0 Å². The summed E-state index contributed by atoms with van der Waals surface area (Å²) in [6.07, 6.45) is 0. The molecule has 1 aromatic rings. The maximum absolute atomic E-state index is 3.50. The van der Waals surface area contributed by atoms with Gasteiger partial charge in [0.1, 0.15) is 0 Å². The van der Waals surface area contributed by atoms with E-state index in [0.29, 0.717) is 0 Å². The van der Waals surface area contributed by atoms with E-state index in [-0.39, 0.29) is 5.54 Å². The second-order valence-electron chi connectivity index (χ2n) is 5.54. The summed E-state index contributed by atoms with van der Waals surface area (Å²) in [4.78, 5) is 2.54. The van der Waals surface area contributed by atoms with E-state index in [1.807, 2.05) is 0 Å². The van der Waals surface area contributed by atoms with Crippen LogP contribution in [0.4, 0.5) is 0 Å². The molecule has 88 valence electrons. The molecule has 0 aliphatic carbocycles. The molecule has 1 aromatic carbocycles. The molecule has 0 bridgehead atoms. The first-order valence-electron chi connectivity index (χ1n) is 6.10. The Morgan fingerprint density at radius 3 is 2.50 bits per heavy atom. The molecule has 2 nitrogen and oxygen atoms in total. The minimum Gasteiger partial charge on any atom is -0.311 e. The summed E-state index contributed by atoms with van der Waals surface area (Å²) >= 11 is 0. The fourth-order valence-corrected chi connectivity index (χ4v) is 2.18. The van der Waals surface area contributed by atoms with Crippen LogP contribution in [0.1, 0.15) is 31.9 Å². The Morgan fingerprint density at radius 1 is 1.12 bits per heavy atom. The molecule has 0 fully saturated rings. The Bertz CT molecular complexity index is 352. The highest BCUT2D eigenvalue weighted by atomic mass is 15.2. The van der Waals surface area contributed by atoms with Gasteiger partial charge in [-0.25, -0.2) is 0 Å². The van der Waals surface area contributed by atoms with E-state index in [2.05, 4.69) is 55.3 Å². The van der Waals surface area contributed by atoms with Gasteiger partial charge < -0.3 is 5.32 Å². The van der Waals surface area contributed by atoms with Crippen LogP contribution in [0.25, 0.3) is 0 Å². The van der Waals surface area contributed by atoms with Gasteiger partial charge in [-0.3, -0.25) is 4.90 Å². The van der Waals surface area contributed by atoms with Crippen LogP contribution in [0.3, 0.4) is 0 Å². The lowest BCUT2D eigenvalue weighted by Crippen LogP contribution is -2.45.